The van der Waals surface area contributed by atoms with Crippen LogP contribution in [0.15, 0.2) is 60.7 Å². The van der Waals surface area contributed by atoms with Gasteiger partial charge in [-0.1, -0.05) is 60.7 Å². The number of hydrogen-bond donors (Lipinski definition) is 1. The molecule has 4 nitrogen and oxygen atoms in total. The van der Waals surface area contributed by atoms with E-state index in [1.54, 1.807) is 0 Å². The SMILES string of the molecule is OC1C[C@@H](OCc2ccccc2)[C@@H](COCc2ccccc2)O1. The van der Waals surface area contributed by atoms with E-state index in [4.69, 9.17) is 14.2 Å². The zero-order valence-corrected chi connectivity index (χ0v) is 13.0. The third kappa shape index (κ3) is 4.88. The molecule has 0 aromatic heterocycles. The number of aliphatic hydroxyl groups excluding tert-OH is 1. The quantitative estimate of drug-likeness (QED) is 0.854. The van der Waals surface area contributed by atoms with Gasteiger partial charge in [0.15, 0.2) is 6.29 Å². The van der Waals surface area contributed by atoms with Crippen molar-refractivity contribution in [1.29, 1.82) is 0 Å². The van der Waals surface area contributed by atoms with Crippen molar-refractivity contribution in [3.05, 3.63) is 71.8 Å². The minimum atomic E-state index is -0.777. The van der Waals surface area contributed by atoms with E-state index in [1.165, 1.54) is 0 Å². The second-order valence-corrected chi connectivity index (χ2v) is 5.70. The largest absolute Gasteiger partial charge is 0.374 e. The molecule has 2 aromatic rings. The molecule has 0 saturated carbocycles. The molecule has 1 unspecified atom stereocenters. The standard InChI is InChI=1S/C19H22O4/c20-19-11-17(22-13-16-9-5-2-6-10-16)18(23-19)14-21-12-15-7-3-1-4-8-15/h1-10,17-20H,11-14H2/t17-,18-,19?/m1/s1. The van der Waals surface area contributed by atoms with Gasteiger partial charge >= 0.3 is 0 Å². The van der Waals surface area contributed by atoms with E-state index in [1.807, 2.05) is 60.7 Å². The lowest BCUT2D eigenvalue weighted by molar-refractivity contribution is -0.122. The van der Waals surface area contributed by atoms with Gasteiger partial charge in [0, 0.05) is 6.42 Å². The van der Waals surface area contributed by atoms with Gasteiger partial charge in [-0.25, -0.2) is 0 Å². The van der Waals surface area contributed by atoms with E-state index < -0.39 is 6.29 Å². The summed E-state index contributed by atoms with van der Waals surface area (Å²) in [5.74, 6) is 0. The highest BCUT2D eigenvalue weighted by Gasteiger charge is 2.35. The molecule has 1 fully saturated rings. The van der Waals surface area contributed by atoms with Crippen LogP contribution in [0, 0.1) is 0 Å². The fraction of sp³-hybridized carbons (Fsp3) is 0.368. The van der Waals surface area contributed by atoms with E-state index in [0.29, 0.717) is 26.2 Å². The highest BCUT2D eigenvalue weighted by Crippen LogP contribution is 2.23. The summed E-state index contributed by atoms with van der Waals surface area (Å²) in [6.45, 7) is 1.45. The molecular weight excluding hydrogens is 292 g/mol. The fourth-order valence-electron chi connectivity index (χ4n) is 2.66. The Morgan fingerprint density at radius 3 is 2.17 bits per heavy atom. The van der Waals surface area contributed by atoms with Gasteiger partial charge in [-0.2, -0.15) is 0 Å². The number of aliphatic hydroxyl groups is 1. The van der Waals surface area contributed by atoms with Crippen LogP contribution in [0.4, 0.5) is 0 Å². The van der Waals surface area contributed by atoms with Crippen molar-refractivity contribution in [2.45, 2.75) is 38.1 Å². The van der Waals surface area contributed by atoms with E-state index in [0.717, 1.165) is 11.1 Å². The molecule has 1 saturated heterocycles. The van der Waals surface area contributed by atoms with E-state index in [2.05, 4.69) is 0 Å². The van der Waals surface area contributed by atoms with Crippen molar-refractivity contribution in [2.75, 3.05) is 6.61 Å². The molecule has 1 aliphatic heterocycles. The Labute approximate surface area is 136 Å². The highest BCUT2D eigenvalue weighted by atomic mass is 16.6. The molecule has 4 heteroatoms. The molecule has 0 bridgehead atoms. The first-order valence-electron chi connectivity index (χ1n) is 7.92. The van der Waals surface area contributed by atoms with Crippen LogP contribution in [0.25, 0.3) is 0 Å². The molecule has 0 aliphatic carbocycles. The number of benzene rings is 2. The van der Waals surface area contributed by atoms with E-state index in [9.17, 15) is 5.11 Å². The van der Waals surface area contributed by atoms with E-state index >= 15 is 0 Å². The van der Waals surface area contributed by atoms with Gasteiger partial charge in [-0.3, -0.25) is 0 Å². The molecular formula is C19H22O4. The number of ether oxygens (including phenoxy) is 3. The molecule has 0 amide bonds. The molecule has 1 N–H and O–H groups in total. The summed E-state index contributed by atoms with van der Waals surface area (Å²) in [6, 6.07) is 20.0. The van der Waals surface area contributed by atoms with Crippen molar-refractivity contribution in [2.24, 2.45) is 0 Å². The Bertz CT molecular complexity index is 572. The third-order valence-electron chi connectivity index (χ3n) is 3.88. The van der Waals surface area contributed by atoms with Crippen LogP contribution in [0.5, 0.6) is 0 Å². The Morgan fingerprint density at radius 1 is 0.913 bits per heavy atom. The average molecular weight is 314 g/mol. The Morgan fingerprint density at radius 2 is 1.52 bits per heavy atom. The predicted molar refractivity (Wildman–Crippen MR) is 86.6 cm³/mol. The predicted octanol–water partition coefficient (Wildman–Crippen LogP) is 2.90. The van der Waals surface area contributed by atoms with Gasteiger partial charge < -0.3 is 19.3 Å². The summed E-state index contributed by atoms with van der Waals surface area (Å²) in [5.41, 5.74) is 2.23. The van der Waals surface area contributed by atoms with Gasteiger partial charge in [-0.15, -0.1) is 0 Å². The van der Waals surface area contributed by atoms with Crippen LogP contribution < -0.4 is 0 Å². The zero-order valence-electron chi connectivity index (χ0n) is 13.0. The smallest absolute Gasteiger partial charge is 0.157 e. The maximum atomic E-state index is 9.73. The minimum absolute atomic E-state index is 0.152. The summed E-state index contributed by atoms with van der Waals surface area (Å²) in [4.78, 5) is 0. The Kier molecular flexibility index (Phi) is 5.77. The fourth-order valence-corrected chi connectivity index (χ4v) is 2.66. The summed E-state index contributed by atoms with van der Waals surface area (Å²) in [5, 5.41) is 9.73. The molecule has 23 heavy (non-hydrogen) atoms. The average Bonchev–Trinajstić information content (AvgIpc) is 2.95. The molecule has 122 valence electrons. The second kappa shape index (κ2) is 8.22. The zero-order chi connectivity index (χ0) is 15.9. The van der Waals surface area contributed by atoms with Crippen molar-refractivity contribution < 1.29 is 19.3 Å². The summed E-state index contributed by atoms with van der Waals surface area (Å²) in [7, 11) is 0. The molecule has 1 aliphatic rings. The van der Waals surface area contributed by atoms with Gasteiger partial charge in [0.25, 0.3) is 0 Å². The maximum Gasteiger partial charge on any atom is 0.157 e. The van der Waals surface area contributed by atoms with Crippen molar-refractivity contribution in [1.82, 2.24) is 0 Å². The number of hydrogen-bond acceptors (Lipinski definition) is 4. The summed E-state index contributed by atoms with van der Waals surface area (Å²) >= 11 is 0. The highest BCUT2D eigenvalue weighted by molar-refractivity contribution is 5.14. The molecule has 3 rings (SSSR count). The van der Waals surface area contributed by atoms with Crippen molar-refractivity contribution >= 4 is 0 Å². The third-order valence-corrected chi connectivity index (χ3v) is 3.88. The van der Waals surface area contributed by atoms with Gasteiger partial charge in [0.1, 0.15) is 6.10 Å². The Balaban J connectivity index is 1.47. The molecule has 2 aromatic carbocycles. The molecule has 0 spiro atoms. The molecule has 1 heterocycles. The lowest BCUT2D eigenvalue weighted by Gasteiger charge is -2.19. The topological polar surface area (TPSA) is 47.9 Å². The lowest BCUT2D eigenvalue weighted by atomic mass is 10.2. The van der Waals surface area contributed by atoms with Gasteiger partial charge in [0.05, 0.1) is 25.9 Å². The van der Waals surface area contributed by atoms with E-state index in [-0.39, 0.29) is 12.2 Å². The minimum Gasteiger partial charge on any atom is -0.374 e. The first-order valence-corrected chi connectivity index (χ1v) is 7.92. The normalized spacial score (nSPS) is 24.0. The van der Waals surface area contributed by atoms with Crippen LogP contribution in [0.3, 0.4) is 0 Å². The first kappa shape index (κ1) is 16.1. The molecule has 3 atom stereocenters. The summed E-state index contributed by atoms with van der Waals surface area (Å²) in [6.07, 6.45) is -0.689. The van der Waals surface area contributed by atoms with Crippen LogP contribution >= 0.6 is 0 Å². The lowest BCUT2D eigenvalue weighted by Crippen LogP contribution is -2.29. The van der Waals surface area contributed by atoms with Crippen LogP contribution in [-0.4, -0.2) is 30.2 Å². The molecule has 0 radical (unpaired) electrons. The van der Waals surface area contributed by atoms with Gasteiger partial charge in [0.2, 0.25) is 0 Å². The second-order valence-electron chi connectivity index (χ2n) is 5.70. The monoisotopic (exact) mass is 314 g/mol. The van der Waals surface area contributed by atoms with Crippen LogP contribution in [0.2, 0.25) is 0 Å². The van der Waals surface area contributed by atoms with Crippen molar-refractivity contribution in [3.8, 4) is 0 Å². The van der Waals surface area contributed by atoms with Crippen LogP contribution in [-0.2, 0) is 27.4 Å². The van der Waals surface area contributed by atoms with Crippen LogP contribution in [0.1, 0.15) is 17.5 Å². The van der Waals surface area contributed by atoms with Crippen molar-refractivity contribution in [3.63, 3.8) is 0 Å². The Hall–Kier alpha value is -1.72. The maximum absolute atomic E-state index is 9.73. The van der Waals surface area contributed by atoms with Gasteiger partial charge in [-0.05, 0) is 11.1 Å². The first-order chi connectivity index (χ1) is 11.3. The summed E-state index contributed by atoms with van der Waals surface area (Å²) < 4.78 is 17.1. The number of rotatable bonds is 7.